The summed E-state index contributed by atoms with van der Waals surface area (Å²) < 4.78 is 0. The number of pyridine rings is 1. The summed E-state index contributed by atoms with van der Waals surface area (Å²) in [7, 11) is 0. The van der Waals surface area contributed by atoms with Crippen molar-refractivity contribution in [1.82, 2.24) is 14.8 Å². The summed E-state index contributed by atoms with van der Waals surface area (Å²) in [6.45, 7) is 11.2. The Kier molecular flexibility index (Phi) is 4.23. The molecule has 3 rings (SSSR count). The Morgan fingerprint density at radius 1 is 0.818 bits per heavy atom. The predicted molar refractivity (Wildman–Crippen MR) is 93.1 cm³/mol. The van der Waals surface area contributed by atoms with Gasteiger partial charge in [0.2, 0.25) is 0 Å². The summed E-state index contributed by atoms with van der Waals surface area (Å²) in [5, 5.41) is 0. The molecule has 3 heteroatoms. The van der Waals surface area contributed by atoms with Crippen LogP contribution in [0, 0.1) is 0 Å². The van der Waals surface area contributed by atoms with E-state index in [4.69, 9.17) is 4.98 Å². The van der Waals surface area contributed by atoms with E-state index in [0.717, 1.165) is 37.3 Å². The molecule has 2 aliphatic rings. The van der Waals surface area contributed by atoms with Crippen LogP contribution in [0.1, 0.15) is 51.9 Å². The molecule has 3 heterocycles. The van der Waals surface area contributed by atoms with Crippen molar-refractivity contribution in [3.8, 4) is 0 Å². The van der Waals surface area contributed by atoms with Crippen LogP contribution in [-0.2, 0) is 0 Å². The van der Waals surface area contributed by atoms with Crippen LogP contribution in [-0.4, -0.2) is 40.0 Å². The highest BCUT2D eigenvalue weighted by atomic mass is 15.2. The molecule has 0 unspecified atom stereocenters. The molecule has 2 aliphatic heterocycles. The second kappa shape index (κ2) is 6.15. The molecule has 0 fully saturated rings. The normalized spacial score (nSPS) is 18.5. The fourth-order valence-corrected chi connectivity index (χ4v) is 3.45. The Bertz CT molecular complexity index is 549. The quantitative estimate of drug-likeness (QED) is 0.837. The molecular weight excluding hydrogens is 270 g/mol. The summed E-state index contributed by atoms with van der Waals surface area (Å²) in [6.07, 6.45) is 6.91. The Balaban J connectivity index is 1.91. The third-order valence-corrected chi connectivity index (χ3v) is 4.55. The first-order valence-electron chi connectivity index (χ1n) is 8.49. The molecule has 0 N–H and O–H groups in total. The lowest BCUT2D eigenvalue weighted by Gasteiger charge is -2.28. The van der Waals surface area contributed by atoms with Crippen LogP contribution < -0.4 is 0 Å². The van der Waals surface area contributed by atoms with E-state index in [-0.39, 0.29) is 0 Å². The van der Waals surface area contributed by atoms with E-state index in [1.807, 2.05) is 0 Å². The summed E-state index contributed by atoms with van der Waals surface area (Å²) in [5.74, 6) is 0. The number of hydrogen-bond acceptors (Lipinski definition) is 3. The topological polar surface area (TPSA) is 19.4 Å². The van der Waals surface area contributed by atoms with Gasteiger partial charge in [0.25, 0.3) is 0 Å². The summed E-state index contributed by atoms with van der Waals surface area (Å²) in [6, 6.07) is 7.48. The van der Waals surface area contributed by atoms with Crippen LogP contribution in [0.25, 0.3) is 11.4 Å². The lowest BCUT2D eigenvalue weighted by Crippen LogP contribution is -2.28. The van der Waals surface area contributed by atoms with E-state index in [1.165, 1.54) is 11.4 Å². The van der Waals surface area contributed by atoms with Gasteiger partial charge in [0.15, 0.2) is 0 Å². The molecule has 0 amide bonds. The minimum atomic E-state index is 0.525. The van der Waals surface area contributed by atoms with E-state index in [2.05, 4.69) is 67.8 Å². The Hall–Kier alpha value is -1.77. The summed E-state index contributed by atoms with van der Waals surface area (Å²) >= 11 is 0. The second-order valence-corrected chi connectivity index (χ2v) is 6.74. The van der Waals surface area contributed by atoms with Gasteiger partial charge in [-0.25, -0.2) is 4.98 Å². The molecule has 0 saturated heterocycles. The van der Waals surface area contributed by atoms with E-state index >= 15 is 0 Å². The van der Waals surface area contributed by atoms with Crippen LogP contribution in [0.3, 0.4) is 0 Å². The number of hydrogen-bond donors (Lipinski definition) is 0. The van der Waals surface area contributed by atoms with Crippen molar-refractivity contribution >= 4 is 11.4 Å². The lowest BCUT2D eigenvalue weighted by atomic mass is 10.2. The van der Waals surface area contributed by atoms with E-state index in [0.29, 0.717) is 12.1 Å². The van der Waals surface area contributed by atoms with Gasteiger partial charge in [-0.2, -0.15) is 0 Å². The lowest BCUT2D eigenvalue weighted by molar-refractivity contribution is 0.350. The van der Waals surface area contributed by atoms with Crippen LogP contribution in [0.4, 0.5) is 0 Å². The van der Waals surface area contributed by atoms with Crippen LogP contribution in [0.5, 0.6) is 0 Å². The zero-order valence-electron chi connectivity index (χ0n) is 14.2. The molecule has 118 valence electrons. The highest BCUT2D eigenvalue weighted by molar-refractivity contribution is 5.68. The maximum absolute atomic E-state index is 4.98. The van der Waals surface area contributed by atoms with Gasteiger partial charge in [-0.15, -0.1) is 0 Å². The smallest absolute Gasteiger partial charge is 0.0868 e. The van der Waals surface area contributed by atoms with Crippen LogP contribution in [0.15, 0.2) is 30.4 Å². The number of aromatic nitrogens is 1. The summed E-state index contributed by atoms with van der Waals surface area (Å²) in [5.41, 5.74) is 4.82. The molecule has 0 atom stereocenters. The van der Waals surface area contributed by atoms with Gasteiger partial charge in [0.05, 0.1) is 22.8 Å². The molecule has 1 aromatic heterocycles. The Morgan fingerprint density at radius 2 is 1.27 bits per heavy atom. The van der Waals surface area contributed by atoms with Gasteiger partial charge >= 0.3 is 0 Å². The Labute approximate surface area is 134 Å². The molecule has 22 heavy (non-hydrogen) atoms. The van der Waals surface area contributed by atoms with Gasteiger partial charge in [0, 0.05) is 25.2 Å². The van der Waals surface area contributed by atoms with Crippen molar-refractivity contribution in [2.24, 2.45) is 0 Å². The van der Waals surface area contributed by atoms with Crippen molar-refractivity contribution in [2.75, 3.05) is 13.1 Å². The molecule has 3 nitrogen and oxygen atoms in total. The van der Waals surface area contributed by atoms with Crippen LogP contribution >= 0.6 is 0 Å². The predicted octanol–water partition coefficient (Wildman–Crippen LogP) is 3.99. The van der Waals surface area contributed by atoms with Crippen molar-refractivity contribution in [3.05, 3.63) is 41.7 Å². The van der Waals surface area contributed by atoms with E-state index in [1.54, 1.807) is 0 Å². The Morgan fingerprint density at radius 3 is 1.68 bits per heavy atom. The first-order valence-corrected chi connectivity index (χ1v) is 8.49. The molecule has 0 spiro atoms. The largest absolute Gasteiger partial charge is 0.367 e. The average molecular weight is 297 g/mol. The van der Waals surface area contributed by atoms with Crippen LogP contribution in [0.2, 0.25) is 0 Å². The van der Waals surface area contributed by atoms with Gasteiger partial charge in [-0.3, -0.25) is 0 Å². The first-order chi connectivity index (χ1) is 10.6. The molecule has 0 saturated carbocycles. The fourth-order valence-electron chi connectivity index (χ4n) is 3.45. The third-order valence-electron chi connectivity index (χ3n) is 4.55. The molecule has 0 aromatic carbocycles. The van der Waals surface area contributed by atoms with Crippen molar-refractivity contribution < 1.29 is 0 Å². The van der Waals surface area contributed by atoms with Gasteiger partial charge < -0.3 is 9.80 Å². The molecule has 1 aromatic rings. The standard InChI is InChI=1S/C19H27N3/c1-14(2)21-12-6-10-18(21)16-8-5-9-17(20-16)19-11-7-13-22(19)15(3)4/h5,8-11,14-15H,6-7,12-13H2,1-4H3. The van der Waals surface area contributed by atoms with Crippen molar-refractivity contribution in [1.29, 1.82) is 0 Å². The number of nitrogens with zero attached hydrogens (tertiary/aromatic N) is 3. The third kappa shape index (κ3) is 2.77. The zero-order chi connectivity index (χ0) is 15.7. The fraction of sp³-hybridized carbons (Fsp3) is 0.526. The summed E-state index contributed by atoms with van der Waals surface area (Å²) in [4.78, 5) is 9.89. The SMILES string of the molecule is CC(C)N1CCC=C1c1cccc(C2=CCCN2C(C)C)n1. The van der Waals surface area contributed by atoms with Gasteiger partial charge in [0.1, 0.15) is 0 Å². The van der Waals surface area contributed by atoms with Gasteiger partial charge in [-0.1, -0.05) is 18.2 Å². The molecular formula is C19H27N3. The monoisotopic (exact) mass is 297 g/mol. The van der Waals surface area contributed by atoms with E-state index < -0.39 is 0 Å². The molecule has 0 aliphatic carbocycles. The molecule has 0 bridgehead atoms. The minimum Gasteiger partial charge on any atom is -0.367 e. The van der Waals surface area contributed by atoms with Gasteiger partial charge in [-0.05, 0) is 52.7 Å². The van der Waals surface area contributed by atoms with Crippen molar-refractivity contribution in [3.63, 3.8) is 0 Å². The average Bonchev–Trinajstić information content (AvgIpc) is 3.16. The maximum atomic E-state index is 4.98. The number of rotatable bonds is 4. The maximum Gasteiger partial charge on any atom is 0.0868 e. The van der Waals surface area contributed by atoms with Crippen molar-refractivity contribution in [2.45, 2.75) is 52.6 Å². The highest BCUT2D eigenvalue weighted by Gasteiger charge is 2.23. The van der Waals surface area contributed by atoms with E-state index in [9.17, 15) is 0 Å². The molecule has 0 radical (unpaired) electrons. The first kappa shape index (κ1) is 15.1. The zero-order valence-corrected chi connectivity index (χ0v) is 14.2. The second-order valence-electron chi connectivity index (χ2n) is 6.74. The highest BCUT2D eigenvalue weighted by Crippen LogP contribution is 2.30. The minimum absolute atomic E-state index is 0.525.